The van der Waals surface area contributed by atoms with E-state index in [1.807, 2.05) is 23.6 Å². The Labute approximate surface area is 350 Å². The normalized spacial score (nSPS) is 24.1. The maximum absolute atomic E-state index is 11.2. The Bertz CT molecular complexity index is 1600. The number of carbonyl (C=O) groups is 1. The van der Waals surface area contributed by atoms with Crippen molar-refractivity contribution in [2.45, 2.75) is 192 Å². The molecule has 0 spiro atoms. The fourth-order valence-corrected chi connectivity index (χ4v) is 10.0. The van der Waals surface area contributed by atoms with Crippen molar-refractivity contribution in [2.75, 3.05) is 40.9 Å². The molecule has 0 aromatic carbocycles. The molecule has 1 saturated carbocycles. The molecule has 0 radical (unpaired) electrons. The smallest absolute Gasteiger partial charge is 0.305 e. The molecule has 328 valence electrons. The number of ether oxygens (including phenoxy) is 3. The monoisotopic (exact) mass is 828 g/mol. The topological polar surface area (TPSA) is 126 Å². The van der Waals surface area contributed by atoms with Crippen LogP contribution in [-0.2, 0) is 28.3 Å². The number of aromatic nitrogens is 4. The van der Waals surface area contributed by atoms with E-state index in [9.17, 15) is 4.79 Å². The molecule has 0 N–H and O–H groups in total. The number of carbonyl (C=O) groups excluding carboxylic acids is 1. The summed E-state index contributed by atoms with van der Waals surface area (Å²) < 4.78 is 27.7. The molecule has 2 unspecified atom stereocenters. The van der Waals surface area contributed by atoms with Gasteiger partial charge in [0.15, 0.2) is 37.3 Å². The Morgan fingerprint density at radius 2 is 1.52 bits per heavy atom. The third-order valence-electron chi connectivity index (χ3n) is 12.9. The van der Waals surface area contributed by atoms with Crippen molar-refractivity contribution in [3.8, 4) is 0 Å². The summed E-state index contributed by atoms with van der Waals surface area (Å²) in [5, 5.41) is 2.28. The van der Waals surface area contributed by atoms with Crippen LogP contribution in [0.15, 0.2) is 17.6 Å². The van der Waals surface area contributed by atoms with Gasteiger partial charge in [-0.2, -0.15) is 5.06 Å². The number of hydrogen-bond donors (Lipinski definition) is 0. The van der Waals surface area contributed by atoms with Gasteiger partial charge in [-0.3, -0.25) is 14.2 Å². The van der Waals surface area contributed by atoms with Gasteiger partial charge in [-0.1, -0.05) is 118 Å². The molecule has 58 heavy (non-hydrogen) atoms. The van der Waals surface area contributed by atoms with Crippen LogP contribution >= 0.6 is 0 Å². The van der Waals surface area contributed by atoms with E-state index in [1.165, 1.54) is 96.9 Å². The maximum Gasteiger partial charge on any atom is 0.305 e. The predicted octanol–water partition coefficient (Wildman–Crippen LogP) is 9.90. The lowest BCUT2D eigenvalue weighted by molar-refractivity contribution is -0.431. The molecule has 1 aliphatic carbocycles. The first-order chi connectivity index (χ1) is 27.8. The van der Waals surface area contributed by atoms with Crippen molar-refractivity contribution in [3.63, 3.8) is 0 Å². The molecule has 0 bridgehead atoms. The molecule has 5 rings (SSSR count). The standard InChI is InChI=1S/C44H77N7O6Si/c1-10-11-12-25-28-50(29-26-23-21-19-17-15-13-14-16-18-20-22-24-27-35(52)53-7)54-31-43-30-44(57-58(8,9)42(2,3)4)38(43)37(55-44)41(56-43)51-34-47-36-39(48-33-49(5)6)45-32-46-40(36)51/h32-34,37-38,41H,10-31H2,1-9H3/b48-33-/t37?,38?,41-,43-,44+/m1/s1. The summed E-state index contributed by atoms with van der Waals surface area (Å²) in [5.41, 5.74) is 0.775. The van der Waals surface area contributed by atoms with E-state index in [4.69, 9.17) is 28.5 Å². The number of rotatable bonds is 29. The van der Waals surface area contributed by atoms with Crippen LogP contribution in [0.4, 0.5) is 5.82 Å². The highest BCUT2D eigenvalue weighted by Crippen LogP contribution is 2.71. The zero-order valence-corrected chi connectivity index (χ0v) is 38.6. The van der Waals surface area contributed by atoms with Crippen LogP contribution in [0.25, 0.3) is 11.2 Å². The van der Waals surface area contributed by atoms with Gasteiger partial charge in [0.25, 0.3) is 0 Å². The summed E-state index contributed by atoms with van der Waals surface area (Å²) in [5.74, 6) is -0.176. The van der Waals surface area contributed by atoms with Crippen LogP contribution in [0.1, 0.15) is 156 Å². The molecule has 2 aliphatic heterocycles. The van der Waals surface area contributed by atoms with Gasteiger partial charge >= 0.3 is 5.97 Å². The highest BCUT2D eigenvalue weighted by Gasteiger charge is 2.83. The van der Waals surface area contributed by atoms with Gasteiger partial charge in [-0.25, -0.2) is 19.9 Å². The third kappa shape index (κ3) is 11.7. The molecule has 5 atom stereocenters. The third-order valence-corrected chi connectivity index (χ3v) is 17.4. The van der Waals surface area contributed by atoms with Crippen LogP contribution in [0.5, 0.6) is 0 Å². The van der Waals surface area contributed by atoms with Crippen LogP contribution in [0, 0.1) is 5.92 Å². The molecule has 14 heteroatoms. The minimum atomic E-state index is -2.15. The molecule has 4 heterocycles. The average molecular weight is 828 g/mol. The Hall–Kier alpha value is -2.49. The number of methoxy groups -OCH3 is 1. The first kappa shape index (κ1) is 46.6. The Morgan fingerprint density at radius 3 is 2.10 bits per heavy atom. The molecule has 2 saturated heterocycles. The zero-order valence-electron chi connectivity index (χ0n) is 37.6. The zero-order chi connectivity index (χ0) is 41.8. The summed E-state index contributed by atoms with van der Waals surface area (Å²) in [6, 6.07) is 0. The van der Waals surface area contributed by atoms with E-state index in [1.54, 1.807) is 12.7 Å². The van der Waals surface area contributed by atoms with E-state index in [0.717, 1.165) is 38.8 Å². The summed E-state index contributed by atoms with van der Waals surface area (Å²) in [7, 11) is 3.17. The van der Waals surface area contributed by atoms with E-state index >= 15 is 0 Å². The minimum Gasteiger partial charge on any atom is -0.469 e. The quantitative estimate of drug-likeness (QED) is 0.0194. The van der Waals surface area contributed by atoms with E-state index in [0.29, 0.717) is 36.4 Å². The minimum absolute atomic E-state index is 0.0459. The molecular formula is C44H77N7O6Si. The molecule has 13 nitrogen and oxygen atoms in total. The lowest BCUT2D eigenvalue weighted by Gasteiger charge is -2.67. The van der Waals surface area contributed by atoms with Crippen molar-refractivity contribution in [3.05, 3.63) is 12.7 Å². The van der Waals surface area contributed by atoms with Gasteiger partial charge in [0.1, 0.15) is 18.0 Å². The summed E-state index contributed by atoms with van der Waals surface area (Å²) in [6.07, 6.45) is 26.6. The number of fused-ring (bicyclic) bond motifs is 1. The Kier molecular flexibility index (Phi) is 17.1. The highest BCUT2D eigenvalue weighted by molar-refractivity contribution is 6.74. The number of hydroxylamine groups is 2. The fraction of sp³-hybridized carbons (Fsp3) is 0.841. The summed E-state index contributed by atoms with van der Waals surface area (Å²) in [4.78, 5) is 38.2. The highest BCUT2D eigenvalue weighted by atomic mass is 28.4. The van der Waals surface area contributed by atoms with Crippen molar-refractivity contribution in [1.82, 2.24) is 29.5 Å². The predicted molar refractivity (Wildman–Crippen MR) is 232 cm³/mol. The second kappa shape index (κ2) is 21.3. The number of imidazole rings is 1. The number of nitrogens with zero attached hydrogens (tertiary/aromatic N) is 7. The van der Waals surface area contributed by atoms with Crippen LogP contribution in [0.3, 0.4) is 0 Å². The average Bonchev–Trinajstić information content (AvgIpc) is 3.64. The summed E-state index contributed by atoms with van der Waals surface area (Å²) >= 11 is 0. The molecule has 2 aromatic rings. The van der Waals surface area contributed by atoms with Gasteiger partial charge in [-0.05, 0) is 37.4 Å². The van der Waals surface area contributed by atoms with Crippen LogP contribution < -0.4 is 0 Å². The van der Waals surface area contributed by atoms with Crippen molar-refractivity contribution >= 4 is 37.6 Å². The summed E-state index contributed by atoms with van der Waals surface area (Å²) in [6.45, 7) is 16.0. The number of unbranched alkanes of at least 4 members (excludes halogenated alkanes) is 15. The van der Waals surface area contributed by atoms with E-state index in [2.05, 4.69) is 60.8 Å². The van der Waals surface area contributed by atoms with Crippen LogP contribution in [-0.4, -0.2) is 109 Å². The lowest BCUT2D eigenvalue weighted by Crippen LogP contribution is -2.80. The van der Waals surface area contributed by atoms with Crippen LogP contribution in [0.2, 0.25) is 18.1 Å². The first-order valence-corrected chi connectivity index (χ1v) is 25.6. The molecule has 3 fully saturated rings. The lowest BCUT2D eigenvalue weighted by atomic mass is 9.59. The van der Waals surface area contributed by atoms with Crippen molar-refractivity contribution < 1.29 is 28.3 Å². The number of aliphatic imine (C=N–C) groups is 1. The van der Waals surface area contributed by atoms with E-state index in [-0.39, 0.29) is 23.0 Å². The molecular weight excluding hydrogens is 751 g/mol. The largest absolute Gasteiger partial charge is 0.469 e. The van der Waals surface area contributed by atoms with Gasteiger partial charge in [-0.15, -0.1) is 0 Å². The molecule has 3 aliphatic rings. The van der Waals surface area contributed by atoms with Gasteiger partial charge in [0, 0.05) is 40.0 Å². The molecule has 0 amide bonds. The molecule has 2 aromatic heterocycles. The van der Waals surface area contributed by atoms with E-state index < -0.39 is 25.9 Å². The number of esters is 1. The maximum atomic E-state index is 11.2. The van der Waals surface area contributed by atoms with Gasteiger partial charge in [0.2, 0.25) is 0 Å². The van der Waals surface area contributed by atoms with Crippen molar-refractivity contribution in [2.24, 2.45) is 10.9 Å². The Balaban J connectivity index is 1.14. The number of hydrogen-bond acceptors (Lipinski definition) is 11. The van der Waals surface area contributed by atoms with Gasteiger partial charge < -0.3 is 23.5 Å². The first-order valence-electron chi connectivity index (χ1n) is 22.6. The van der Waals surface area contributed by atoms with Gasteiger partial charge in [0.05, 0.1) is 32.3 Å². The van der Waals surface area contributed by atoms with Crippen molar-refractivity contribution in [1.29, 1.82) is 0 Å². The SMILES string of the molecule is CCCCCCN(CCCCCCCCCCCCCCCC(=O)OC)OC[C@]12C[C@@]3(O[Si](C)(C)C(C)(C)C)OC(C13)[C@H](n1cnc3c(/N=C\N(C)C)ncnc31)O2. The fourth-order valence-electron chi connectivity index (χ4n) is 8.59. The second-order valence-corrected chi connectivity index (χ2v) is 23.6. The Morgan fingerprint density at radius 1 is 0.914 bits per heavy atom. The second-order valence-electron chi connectivity index (χ2n) is 18.9.